The lowest BCUT2D eigenvalue weighted by atomic mass is 9.82. The highest BCUT2D eigenvalue weighted by Crippen LogP contribution is 2.60. The highest BCUT2D eigenvalue weighted by molar-refractivity contribution is 6.30. The van der Waals surface area contributed by atoms with Crippen molar-refractivity contribution in [3.05, 3.63) is 34.9 Å². The zero-order chi connectivity index (χ0) is 14.1. The molecule has 1 aliphatic rings. The van der Waals surface area contributed by atoms with Gasteiger partial charge in [0.2, 0.25) is 0 Å². The van der Waals surface area contributed by atoms with E-state index in [0.29, 0.717) is 24.5 Å². The van der Waals surface area contributed by atoms with Gasteiger partial charge in [-0.3, -0.25) is 0 Å². The standard InChI is InChI=1S/C15H19ClO3/c1-4-14(11-8-7-9-12(16)10-11)15(5-2,19-14)13(17)18-6-3/h7-10H,4-6H2,1-3H3. The van der Waals surface area contributed by atoms with Crippen LogP contribution in [-0.4, -0.2) is 18.2 Å². The summed E-state index contributed by atoms with van der Waals surface area (Å²) in [7, 11) is 0. The summed E-state index contributed by atoms with van der Waals surface area (Å²) in [5, 5.41) is 0.648. The third-order valence-corrected chi connectivity index (χ3v) is 4.09. The fourth-order valence-electron chi connectivity index (χ4n) is 2.82. The smallest absolute Gasteiger partial charge is 0.341 e. The molecule has 1 aromatic rings. The van der Waals surface area contributed by atoms with Gasteiger partial charge in [-0.05, 0) is 37.5 Å². The van der Waals surface area contributed by atoms with Crippen LogP contribution in [0.5, 0.6) is 0 Å². The first-order valence-corrected chi connectivity index (χ1v) is 7.07. The lowest BCUT2D eigenvalue weighted by molar-refractivity contribution is -0.149. The van der Waals surface area contributed by atoms with Crippen LogP contribution < -0.4 is 0 Å². The van der Waals surface area contributed by atoms with Crippen LogP contribution in [0, 0.1) is 0 Å². The lowest BCUT2D eigenvalue weighted by Crippen LogP contribution is -2.34. The monoisotopic (exact) mass is 282 g/mol. The van der Waals surface area contributed by atoms with Crippen LogP contribution in [0.1, 0.15) is 39.2 Å². The van der Waals surface area contributed by atoms with Crippen LogP contribution in [0.3, 0.4) is 0 Å². The number of epoxide rings is 1. The van der Waals surface area contributed by atoms with Crippen LogP contribution in [0.4, 0.5) is 0 Å². The molecule has 19 heavy (non-hydrogen) atoms. The van der Waals surface area contributed by atoms with Crippen LogP contribution in [-0.2, 0) is 19.9 Å². The van der Waals surface area contributed by atoms with Crippen molar-refractivity contribution in [3.8, 4) is 0 Å². The summed E-state index contributed by atoms with van der Waals surface area (Å²) in [5.74, 6) is -0.278. The third kappa shape index (κ3) is 2.05. The SMILES string of the molecule is CCOC(=O)C1(CC)OC1(CC)c1cccc(Cl)c1. The van der Waals surface area contributed by atoms with Crippen molar-refractivity contribution in [1.82, 2.24) is 0 Å². The quantitative estimate of drug-likeness (QED) is 0.611. The molecule has 1 aliphatic heterocycles. The Morgan fingerprint density at radius 2 is 2.05 bits per heavy atom. The molecule has 2 atom stereocenters. The maximum atomic E-state index is 12.2. The molecule has 2 rings (SSSR count). The van der Waals surface area contributed by atoms with E-state index in [9.17, 15) is 4.79 Å². The Kier molecular flexibility index (Phi) is 3.88. The molecular formula is C15H19ClO3. The van der Waals surface area contributed by atoms with E-state index in [2.05, 4.69) is 0 Å². The molecular weight excluding hydrogens is 264 g/mol. The van der Waals surface area contributed by atoms with Crippen molar-refractivity contribution < 1.29 is 14.3 Å². The first kappa shape index (κ1) is 14.4. The largest absolute Gasteiger partial charge is 0.464 e. The average Bonchev–Trinajstić information content (AvgIpc) is 3.10. The number of ether oxygens (including phenoxy) is 2. The van der Waals surface area contributed by atoms with E-state index < -0.39 is 11.2 Å². The number of rotatable bonds is 5. The van der Waals surface area contributed by atoms with Gasteiger partial charge in [0.05, 0.1) is 6.61 Å². The number of hydrogen-bond donors (Lipinski definition) is 0. The molecule has 0 amide bonds. The highest BCUT2D eigenvalue weighted by Gasteiger charge is 2.74. The Bertz CT molecular complexity index is 488. The molecule has 2 unspecified atom stereocenters. The Labute approximate surface area is 118 Å². The van der Waals surface area contributed by atoms with Gasteiger partial charge in [0.25, 0.3) is 0 Å². The van der Waals surface area contributed by atoms with Gasteiger partial charge < -0.3 is 9.47 Å². The number of carbonyl (C=O) groups is 1. The van der Waals surface area contributed by atoms with E-state index in [1.807, 2.05) is 38.1 Å². The summed E-state index contributed by atoms with van der Waals surface area (Å²) in [6.45, 7) is 6.12. The van der Waals surface area contributed by atoms with Gasteiger partial charge in [-0.1, -0.05) is 37.6 Å². The normalized spacial score (nSPS) is 29.1. The summed E-state index contributed by atoms with van der Waals surface area (Å²) >= 11 is 6.04. The van der Waals surface area contributed by atoms with Crippen LogP contribution in [0.15, 0.2) is 24.3 Å². The Hall–Kier alpha value is -1.06. The van der Waals surface area contributed by atoms with Crippen molar-refractivity contribution in [2.75, 3.05) is 6.61 Å². The second-order valence-electron chi connectivity index (χ2n) is 4.69. The van der Waals surface area contributed by atoms with Gasteiger partial charge in [0, 0.05) is 5.02 Å². The Morgan fingerprint density at radius 1 is 1.32 bits per heavy atom. The third-order valence-electron chi connectivity index (χ3n) is 3.85. The molecule has 3 nitrogen and oxygen atoms in total. The van der Waals surface area contributed by atoms with Gasteiger partial charge in [-0.15, -0.1) is 0 Å². The molecule has 0 saturated carbocycles. The first-order chi connectivity index (χ1) is 9.06. The first-order valence-electron chi connectivity index (χ1n) is 6.69. The summed E-state index contributed by atoms with van der Waals surface area (Å²) in [6, 6.07) is 7.50. The predicted octanol–water partition coefficient (Wildman–Crippen LogP) is 3.69. The molecule has 0 spiro atoms. The topological polar surface area (TPSA) is 38.8 Å². The Morgan fingerprint density at radius 3 is 2.58 bits per heavy atom. The Balaban J connectivity index is 2.39. The number of hydrogen-bond acceptors (Lipinski definition) is 3. The lowest BCUT2D eigenvalue weighted by Gasteiger charge is -2.17. The molecule has 0 aromatic heterocycles. The van der Waals surface area contributed by atoms with E-state index in [-0.39, 0.29) is 5.97 Å². The zero-order valence-corrected chi connectivity index (χ0v) is 12.3. The molecule has 1 aromatic carbocycles. The number of halogens is 1. The molecule has 1 heterocycles. The van der Waals surface area contributed by atoms with Crippen molar-refractivity contribution in [1.29, 1.82) is 0 Å². The van der Waals surface area contributed by atoms with E-state index in [1.54, 1.807) is 6.92 Å². The summed E-state index contributed by atoms with van der Waals surface area (Å²) in [4.78, 5) is 12.2. The van der Waals surface area contributed by atoms with Crippen molar-refractivity contribution in [2.45, 2.75) is 44.8 Å². The molecule has 1 saturated heterocycles. The second kappa shape index (κ2) is 5.14. The fourth-order valence-corrected chi connectivity index (χ4v) is 3.01. The fraction of sp³-hybridized carbons (Fsp3) is 0.533. The second-order valence-corrected chi connectivity index (χ2v) is 5.13. The molecule has 0 aliphatic carbocycles. The minimum Gasteiger partial charge on any atom is -0.464 e. The zero-order valence-electron chi connectivity index (χ0n) is 11.5. The van der Waals surface area contributed by atoms with Gasteiger partial charge in [0.15, 0.2) is 5.60 Å². The summed E-state index contributed by atoms with van der Waals surface area (Å²) < 4.78 is 11.1. The molecule has 0 bridgehead atoms. The molecule has 104 valence electrons. The number of esters is 1. The highest BCUT2D eigenvalue weighted by atomic mass is 35.5. The maximum absolute atomic E-state index is 12.2. The van der Waals surface area contributed by atoms with E-state index >= 15 is 0 Å². The van der Waals surface area contributed by atoms with E-state index in [0.717, 1.165) is 5.56 Å². The number of carbonyl (C=O) groups excluding carboxylic acids is 1. The van der Waals surface area contributed by atoms with E-state index in [4.69, 9.17) is 21.1 Å². The minimum atomic E-state index is -0.859. The molecule has 4 heteroatoms. The van der Waals surface area contributed by atoms with Crippen LogP contribution in [0.2, 0.25) is 5.02 Å². The van der Waals surface area contributed by atoms with Crippen molar-refractivity contribution in [3.63, 3.8) is 0 Å². The van der Waals surface area contributed by atoms with Crippen LogP contribution in [0.25, 0.3) is 0 Å². The number of benzene rings is 1. The summed E-state index contributed by atoms with van der Waals surface area (Å²) in [5.41, 5.74) is -0.515. The van der Waals surface area contributed by atoms with Crippen LogP contribution >= 0.6 is 11.6 Å². The average molecular weight is 283 g/mol. The van der Waals surface area contributed by atoms with Crippen molar-refractivity contribution in [2.24, 2.45) is 0 Å². The van der Waals surface area contributed by atoms with Gasteiger partial charge in [-0.25, -0.2) is 4.79 Å². The van der Waals surface area contributed by atoms with Gasteiger partial charge in [0.1, 0.15) is 5.60 Å². The molecule has 1 fully saturated rings. The van der Waals surface area contributed by atoms with Gasteiger partial charge >= 0.3 is 5.97 Å². The summed E-state index contributed by atoms with van der Waals surface area (Å²) in [6.07, 6.45) is 1.30. The van der Waals surface area contributed by atoms with E-state index in [1.165, 1.54) is 0 Å². The molecule has 0 N–H and O–H groups in total. The van der Waals surface area contributed by atoms with Crippen molar-refractivity contribution >= 4 is 17.6 Å². The molecule has 0 radical (unpaired) electrons. The predicted molar refractivity (Wildman–Crippen MR) is 74.2 cm³/mol. The minimum absolute atomic E-state index is 0.278. The maximum Gasteiger partial charge on any atom is 0.341 e. The van der Waals surface area contributed by atoms with Gasteiger partial charge in [-0.2, -0.15) is 0 Å².